The zero-order chi connectivity index (χ0) is 16.8. The molecule has 1 aliphatic heterocycles. The van der Waals surface area contributed by atoms with Crippen LogP contribution in [0.15, 0.2) is 23.0 Å². The molecule has 1 aromatic heterocycles. The number of piperidine rings is 1. The van der Waals surface area contributed by atoms with Crippen LogP contribution in [-0.2, 0) is 16.1 Å². The molecule has 1 fully saturated rings. The number of rotatable bonds is 2. The van der Waals surface area contributed by atoms with Gasteiger partial charge in [0, 0.05) is 13.0 Å². The first kappa shape index (κ1) is 13.1. The molecule has 0 aliphatic carbocycles. The molecule has 2 amide bonds. The average molecular weight is 301 g/mol. The fraction of sp³-hybridized carbons (Fsp3) is 0.333. The molecule has 1 aromatic carbocycles. The molecule has 0 unspecified atom stereocenters. The van der Waals surface area contributed by atoms with Crippen molar-refractivity contribution in [3.05, 3.63) is 39.9 Å². The molecular weight excluding hydrogens is 284 g/mol. The molecule has 0 radical (unpaired) electrons. The van der Waals surface area contributed by atoms with Crippen molar-refractivity contribution in [2.24, 2.45) is 5.73 Å². The number of hydrogen-bond acceptors (Lipinski definition) is 5. The van der Waals surface area contributed by atoms with Gasteiger partial charge in [-0.25, -0.2) is 4.98 Å². The summed E-state index contributed by atoms with van der Waals surface area (Å²) >= 11 is 0. The molecular formula is C15H16N4O3. The third-order valence-corrected chi connectivity index (χ3v) is 3.71. The smallest absolute Gasteiger partial charge is 0.262 e. The van der Waals surface area contributed by atoms with Gasteiger partial charge in [-0.1, -0.05) is 6.07 Å². The zero-order valence-electron chi connectivity index (χ0n) is 13.0. The zero-order valence-corrected chi connectivity index (χ0v) is 12.0. The predicted octanol–water partition coefficient (Wildman–Crippen LogP) is 0.141. The van der Waals surface area contributed by atoms with Gasteiger partial charge in [0.25, 0.3) is 5.56 Å². The van der Waals surface area contributed by atoms with Crippen LogP contribution in [0.4, 0.5) is 0 Å². The molecule has 1 atom stereocenters. The van der Waals surface area contributed by atoms with E-state index in [1.807, 2.05) is 0 Å². The van der Waals surface area contributed by atoms with Crippen LogP contribution in [-0.4, -0.2) is 21.4 Å². The highest BCUT2D eigenvalue weighted by molar-refractivity contribution is 5.99. The Balaban J connectivity index is 2.27. The van der Waals surface area contributed by atoms with E-state index in [4.69, 9.17) is 7.10 Å². The van der Waals surface area contributed by atoms with Crippen LogP contribution in [0.2, 0.25) is 0 Å². The largest absolute Gasteiger partial charge is 0.326 e. The first-order chi connectivity index (χ1) is 10.9. The molecule has 0 saturated carbocycles. The number of aromatic nitrogens is 2. The number of imide groups is 1. The van der Waals surface area contributed by atoms with Crippen LogP contribution in [0.3, 0.4) is 0 Å². The van der Waals surface area contributed by atoms with Crippen molar-refractivity contribution >= 4 is 22.7 Å². The Hall–Kier alpha value is -2.54. The Morgan fingerprint density at radius 2 is 2.23 bits per heavy atom. The van der Waals surface area contributed by atoms with Gasteiger partial charge in [-0.2, -0.15) is 0 Å². The van der Waals surface area contributed by atoms with E-state index in [9.17, 15) is 14.4 Å². The number of nitrogens with one attached hydrogen (secondary N) is 1. The highest BCUT2D eigenvalue weighted by Gasteiger charge is 2.30. The topological polar surface area (TPSA) is 107 Å². The van der Waals surface area contributed by atoms with Gasteiger partial charge in [-0.3, -0.25) is 24.3 Å². The standard InChI is InChI=1S/C15H16N4O3/c1-8-17-11-3-2-9(7-16)6-10(11)15(22)19(8)12-4-5-13(20)18-14(12)21/h2-3,6,12H,4-5,7,16H2,1H3,(H,18,20,21)/t12-/m0/s1/i12D. The summed E-state index contributed by atoms with van der Waals surface area (Å²) in [6.45, 7) is 1.84. The van der Waals surface area contributed by atoms with E-state index in [1.165, 1.54) is 0 Å². The quantitative estimate of drug-likeness (QED) is 0.767. The van der Waals surface area contributed by atoms with E-state index in [-0.39, 0.29) is 25.2 Å². The molecule has 1 aliphatic rings. The van der Waals surface area contributed by atoms with Gasteiger partial charge >= 0.3 is 0 Å². The Morgan fingerprint density at radius 1 is 1.45 bits per heavy atom. The first-order valence-corrected chi connectivity index (χ1v) is 6.94. The highest BCUT2D eigenvalue weighted by atomic mass is 16.2. The average Bonchev–Trinajstić information content (AvgIpc) is 2.51. The second-order valence-corrected chi connectivity index (χ2v) is 5.18. The summed E-state index contributed by atoms with van der Waals surface area (Å²) in [7, 11) is 0. The third kappa shape index (κ3) is 2.29. The summed E-state index contributed by atoms with van der Waals surface area (Å²) in [6, 6.07) is 3.21. The fourth-order valence-corrected chi connectivity index (χ4v) is 2.61. The Morgan fingerprint density at radius 3 is 2.91 bits per heavy atom. The van der Waals surface area contributed by atoms with Crippen molar-refractivity contribution in [2.45, 2.75) is 32.3 Å². The highest BCUT2D eigenvalue weighted by Crippen LogP contribution is 2.20. The van der Waals surface area contributed by atoms with Crippen molar-refractivity contribution in [3.8, 4) is 0 Å². The summed E-state index contributed by atoms with van der Waals surface area (Å²) < 4.78 is 9.50. The van der Waals surface area contributed by atoms with E-state index in [0.29, 0.717) is 10.9 Å². The Labute approximate surface area is 127 Å². The Kier molecular flexibility index (Phi) is 3.19. The SMILES string of the molecule is [2H][C@]1(n2c(C)nc3ccc(CN)cc3c2=O)CCC(=O)NC1=O. The molecule has 3 N–H and O–H groups in total. The molecule has 2 aromatic rings. The number of aryl methyl sites for hydroxylation is 1. The fourth-order valence-electron chi connectivity index (χ4n) is 2.61. The number of nitrogens with two attached hydrogens (primary N) is 1. The summed E-state index contributed by atoms with van der Waals surface area (Å²) in [4.78, 5) is 40.7. The van der Waals surface area contributed by atoms with Crippen LogP contribution in [0.5, 0.6) is 0 Å². The van der Waals surface area contributed by atoms with E-state index in [2.05, 4.69) is 10.3 Å². The van der Waals surface area contributed by atoms with Gasteiger partial charge in [0.2, 0.25) is 11.8 Å². The summed E-state index contributed by atoms with van der Waals surface area (Å²) in [5.41, 5.74) is 6.35. The lowest BCUT2D eigenvalue weighted by molar-refractivity contribution is -0.135. The van der Waals surface area contributed by atoms with Gasteiger partial charge in [0.1, 0.15) is 11.8 Å². The van der Waals surface area contributed by atoms with E-state index in [0.717, 1.165) is 10.1 Å². The molecule has 0 spiro atoms. The molecule has 7 nitrogen and oxygen atoms in total. The predicted molar refractivity (Wildman–Crippen MR) is 80.1 cm³/mol. The molecule has 7 heteroatoms. The van der Waals surface area contributed by atoms with E-state index in [1.54, 1.807) is 25.1 Å². The van der Waals surface area contributed by atoms with Crippen LogP contribution in [0.1, 0.15) is 31.6 Å². The second-order valence-electron chi connectivity index (χ2n) is 5.18. The first-order valence-electron chi connectivity index (χ1n) is 7.44. The number of fused-ring (bicyclic) bond motifs is 1. The molecule has 2 heterocycles. The van der Waals surface area contributed by atoms with Crippen LogP contribution in [0.25, 0.3) is 10.9 Å². The number of amides is 2. The van der Waals surface area contributed by atoms with Crippen molar-refractivity contribution in [1.82, 2.24) is 14.9 Å². The van der Waals surface area contributed by atoms with Gasteiger partial charge in [0.05, 0.1) is 12.3 Å². The lowest BCUT2D eigenvalue weighted by Crippen LogP contribution is -2.45. The molecule has 3 rings (SSSR count). The molecule has 22 heavy (non-hydrogen) atoms. The van der Waals surface area contributed by atoms with E-state index >= 15 is 0 Å². The summed E-state index contributed by atoms with van der Waals surface area (Å²) in [6.07, 6.45) is -0.0653. The monoisotopic (exact) mass is 301 g/mol. The number of carbonyl (C=O) groups is 2. The summed E-state index contributed by atoms with van der Waals surface area (Å²) in [5.74, 6) is -1.000. The number of benzene rings is 1. The third-order valence-electron chi connectivity index (χ3n) is 3.71. The van der Waals surface area contributed by atoms with Gasteiger partial charge in [0.15, 0.2) is 0 Å². The maximum absolute atomic E-state index is 12.8. The molecule has 0 bridgehead atoms. The maximum atomic E-state index is 12.8. The molecule has 1 saturated heterocycles. The Bertz CT molecular complexity index is 892. The van der Waals surface area contributed by atoms with E-state index < -0.39 is 23.4 Å². The lowest BCUT2D eigenvalue weighted by Gasteiger charge is -2.24. The van der Waals surface area contributed by atoms with Gasteiger partial charge < -0.3 is 5.73 Å². The molecule has 114 valence electrons. The number of hydrogen-bond donors (Lipinski definition) is 2. The van der Waals surface area contributed by atoms with Crippen LogP contribution in [0, 0.1) is 6.92 Å². The lowest BCUT2D eigenvalue weighted by atomic mass is 10.0. The second kappa shape index (κ2) is 5.34. The number of carbonyl (C=O) groups excluding carboxylic acids is 2. The van der Waals surface area contributed by atoms with Gasteiger partial charge in [-0.05, 0) is 31.0 Å². The number of nitrogens with zero attached hydrogens (tertiary/aromatic N) is 2. The minimum Gasteiger partial charge on any atom is -0.326 e. The minimum absolute atomic E-state index is 0.00198. The maximum Gasteiger partial charge on any atom is 0.262 e. The van der Waals surface area contributed by atoms with Crippen LogP contribution < -0.4 is 16.6 Å². The minimum atomic E-state index is -1.88. The summed E-state index contributed by atoms with van der Waals surface area (Å²) in [5, 5.41) is 2.42. The van der Waals surface area contributed by atoms with Gasteiger partial charge in [-0.15, -0.1) is 0 Å². The normalized spacial score (nSPS) is 22.5. The van der Waals surface area contributed by atoms with Crippen molar-refractivity contribution in [2.75, 3.05) is 0 Å². The van der Waals surface area contributed by atoms with Crippen molar-refractivity contribution in [1.29, 1.82) is 0 Å². The van der Waals surface area contributed by atoms with Crippen molar-refractivity contribution in [3.63, 3.8) is 0 Å². The van der Waals surface area contributed by atoms with Crippen LogP contribution >= 0.6 is 0 Å². The van der Waals surface area contributed by atoms with Crippen molar-refractivity contribution < 1.29 is 11.0 Å².